The minimum absolute atomic E-state index is 0. The van der Waals surface area contributed by atoms with Gasteiger partial charge in [-0.15, -0.1) is 12.4 Å². The second-order valence-electron chi connectivity index (χ2n) is 3.28. The average molecular weight is 216 g/mol. The van der Waals surface area contributed by atoms with Crippen molar-refractivity contribution in [1.29, 1.82) is 0 Å². The Morgan fingerprint density at radius 3 is 2.71 bits per heavy atom. The van der Waals surface area contributed by atoms with Gasteiger partial charge in [0.2, 0.25) is 0 Å². The molecule has 1 unspecified atom stereocenters. The molecule has 2 heterocycles. The zero-order chi connectivity index (χ0) is 9.10. The molecule has 0 aromatic carbocycles. The number of ether oxygens (including phenoxy) is 1. The second kappa shape index (κ2) is 5.12. The standard InChI is InChI=1S/C9H13N3O.ClH/c1-7-4-11-9(12-5-7)13-8-2-3-10-6-8;/h4-5,8,10H,2-3,6H2,1H3;1H. The summed E-state index contributed by atoms with van der Waals surface area (Å²) in [6.07, 6.45) is 4.81. The van der Waals surface area contributed by atoms with Gasteiger partial charge in [0.25, 0.3) is 0 Å². The molecule has 0 spiro atoms. The summed E-state index contributed by atoms with van der Waals surface area (Å²) in [5, 5.41) is 3.22. The molecule has 0 radical (unpaired) electrons. The third-order valence-corrected chi connectivity index (χ3v) is 2.04. The van der Waals surface area contributed by atoms with Crippen LogP contribution in [-0.4, -0.2) is 29.2 Å². The summed E-state index contributed by atoms with van der Waals surface area (Å²) in [5.74, 6) is 0. The van der Waals surface area contributed by atoms with Gasteiger partial charge in [-0.05, 0) is 25.5 Å². The Bertz CT molecular complexity index is 272. The van der Waals surface area contributed by atoms with Crippen LogP contribution >= 0.6 is 12.4 Å². The van der Waals surface area contributed by atoms with Crippen LogP contribution in [0.4, 0.5) is 0 Å². The first-order valence-electron chi connectivity index (χ1n) is 4.50. The molecule has 1 fully saturated rings. The molecule has 1 aromatic rings. The van der Waals surface area contributed by atoms with Gasteiger partial charge in [-0.25, -0.2) is 9.97 Å². The largest absolute Gasteiger partial charge is 0.459 e. The van der Waals surface area contributed by atoms with E-state index in [0.717, 1.165) is 25.1 Å². The number of aryl methyl sites for hydroxylation is 1. The molecule has 0 amide bonds. The van der Waals surface area contributed by atoms with E-state index in [4.69, 9.17) is 4.74 Å². The van der Waals surface area contributed by atoms with E-state index in [9.17, 15) is 0 Å². The monoisotopic (exact) mass is 215 g/mol. The maximum absolute atomic E-state index is 5.55. The fraction of sp³-hybridized carbons (Fsp3) is 0.556. The summed E-state index contributed by atoms with van der Waals surface area (Å²) in [6, 6.07) is 0.485. The van der Waals surface area contributed by atoms with E-state index in [2.05, 4.69) is 15.3 Å². The molecule has 2 rings (SSSR count). The highest BCUT2D eigenvalue weighted by atomic mass is 35.5. The normalized spacial score (nSPS) is 20.2. The van der Waals surface area contributed by atoms with Crippen LogP contribution in [0.2, 0.25) is 0 Å². The number of hydrogen-bond donors (Lipinski definition) is 1. The van der Waals surface area contributed by atoms with Crippen LogP contribution in [0.1, 0.15) is 12.0 Å². The van der Waals surface area contributed by atoms with Crippen LogP contribution in [-0.2, 0) is 0 Å². The van der Waals surface area contributed by atoms with Crippen molar-refractivity contribution in [2.45, 2.75) is 19.4 Å². The Balaban J connectivity index is 0.000000980. The highest BCUT2D eigenvalue weighted by Gasteiger charge is 2.16. The van der Waals surface area contributed by atoms with E-state index in [1.54, 1.807) is 12.4 Å². The Morgan fingerprint density at radius 1 is 1.43 bits per heavy atom. The Morgan fingerprint density at radius 2 is 2.14 bits per heavy atom. The highest BCUT2D eigenvalue weighted by molar-refractivity contribution is 5.85. The first-order valence-corrected chi connectivity index (χ1v) is 4.50. The summed E-state index contributed by atoms with van der Waals surface area (Å²) >= 11 is 0. The van der Waals surface area contributed by atoms with E-state index in [-0.39, 0.29) is 18.5 Å². The van der Waals surface area contributed by atoms with E-state index in [1.165, 1.54) is 0 Å². The summed E-state index contributed by atoms with van der Waals surface area (Å²) in [5.41, 5.74) is 1.05. The zero-order valence-electron chi connectivity index (χ0n) is 8.06. The van der Waals surface area contributed by atoms with Crippen LogP contribution in [0.3, 0.4) is 0 Å². The maximum atomic E-state index is 5.55. The molecule has 14 heavy (non-hydrogen) atoms. The topological polar surface area (TPSA) is 47.0 Å². The molecule has 4 nitrogen and oxygen atoms in total. The zero-order valence-corrected chi connectivity index (χ0v) is 8.88. The van der Waals surface area contributed by atoms with Gasteiger partial charge in [-0.3, -0.25) is 0 Å². The Kier molecular flexibility index (Phi) is 4.10. The van der Waals surface area contributed by atoms with Gasteiger partial charge in [0.1, 0.15) is 6.10 Å². The molecule has 0 bridgehead atoms. The van der Waals surface area contributed by atoms with E-state index < -0.39 is 0 Å². The van der Waals surface area contributed by atoms with Gasteiger partial charge in [0, 0.05) is 18.9 Å². The van der Waals surface area contributed by atoms with Gasteiger partial charge >= 0.3 is 6.01 Å². The van der Waals surface area contributed by atoms with Crippen LogP contribution < -0.4 is 10.1 Å². The smallest absolute Gasteiger partial charge is 0.316 e. The van der Waals surface area contributed by atoms with Gasteiger partial charge in [-0.1, -0.05) is 0 Å². The molecule has 1 aliphatic rings. The van der Waals surface area contributed by atoms with Crippen molar-refractivity contribution in [3.63, 3.8) is 0 Å². The number of aromatic nitrogens is 2. The van der Waals surface area contributed by atoms with Gasteiger partial charge < -0.3 is 10.1 Å². The number of nitrogens with zero attached hydrogens (tertiary/aromatic N) is 2. The fourth-order valence-electron chi connectivity index (χ4n) is 1.32. The Hall–Kier alpha value is -0.870. The van der Waals surface area contributed by atoms with Crippen molar-refractivity contribution in [2.24, 2.45) is 0 Å². The van der Waals surface area contributed by atoms with Crippen LogP contribution in [0, 0.1) is 6.92 Å². The van der Waals surface area contributed by atoms with Crippen molar-refractivity contribution in [3.8, 4) is 6.01 Å². The van der Waals surface area contributed by atoms with Crippen molar-refractivity contribution in [1.82, 2.24) is 15.3 Å². The minimum Gasteiger partial charge on any atom is -0.459 e. The number of hydrogen-bond acceptors (Lipinski definition) is 4. The summed E-state index contributed by atoms with van der Waals surface area (Å²) in [6.45, 7) is 3.88. The summed E-state index contributed by atoms with van der Waals surface area (Å²) < 4.78 is 5.55. The van der Waals surface area contributed by atoms with Crippen LogP contribution in [0.5, 0.6) is 6.01 Å². The SMILES string of the molecule is Cc1cnc(OC2CCNC2)nc1.Cl. The van der Waals surface area contributed by atoms with Crippen molar-refractivity contribution < 1.29 is 4.74 Å². The quantitative estimate of drug-likeness (QED) is 0.798. The molecular formula is C9H14ClN3O. The molecule has 1 aromatic heterocycles. The lowest BCUT2D eigenvalue weighted by molar-refractivity contribution is 0.204. The molecule has 1 N–H and O–H groups in total. The average Bonchev–Trinajstić information content (AvgIpc) is 2.62. The predicted molar refractivity (Wildman–Crippen MR) is 55.9 cm³/mol. The lowest BCUT2D eigenvalue weighted by Gasteiger charge is -2.09. The highest BCUT2D eigenvalue weighted by Crippen LogP contribution is 2.08. The molecule has 78 valence electrons. The summed E-state index contributed by atoms with van der Waals surface area (Å²) in [4.78, 5) is 8.16. The molecule has 5 heteroatoms. The molecule has 1 aliphatic heterocycles. The van der Waals surface area contributed by atoms with Crippen LogP contribution in [0.25, 0.3) is 0 Å². The van der Waals surface area contributed by atoms with Gasteiger partial charge in [-0.2, -0.15) is 0 Å². The molecule has 0 aliphatic carbocycles. The number of halogens is 1. The van der Waals surface area contributed by atoms with E-state index in [1.807, 2.05) is 6.92 Å². The predicted octanol–water partition coefficient (Wildman–Crippen LogP) is 0.948. The third kappa shape index (κ3) is 2.82. The van der Waals surface area contributed by atoms with Crippen molar-refractivity contribution in [2.75, 3.05) is 13.1 Å². The lowest BCUT2D eigenvalue weighted by atomic mass is 10.3. The molecule has 0 saturated carbocycles. The number of rotatable bonds is 2. The number of nitrogens with one attached hydrogen (secondary N) is 1. The fourth-order valence-corrected chi connectivity index (χ4v) is 1.32. The van der Waals surface area contributed by atoms with Crippen LogP contribution in [0.15, 0.2) is 12.4 Å². The molecule has 1 saturated heterocycles. The lowest BCUT2D eigenvalue weighted by Crippen LogP contribution is -2.20. The van der Waals surface area contributed by atoms with E-state index in [0.29, 0.717) is 6.01 Å². The minimum atomic E-state index is 0. The van der Waals surface area contributed by atoms with Crippen molar-refractivity contribution in [3.05, 3.63) is 18.0 Å². The maximum Gasteiger partial charge on any atom is 0.316 e. The van der Waals surface area contributed by atoms with Crippen molar-refractivity contribution >= 4 is 12.4 Å². The first kappa shape index (κ1) is 11.2. The van der Waals surface area contributed by atoms with Gasteiger partial charge in [0.05, 0.1) is 0 Å². The molecular weight excluding hydrogens is 202 g/mol. The van der Waals surface area contributed by atoms with E-state index >= 15 is 0 Å². The Labute approximate surface area is 89.5 Å². The third-order valence-electron chi connectivity index (χ3n) is 2.04. The summed E-state index contributed by atoms with van der Waals surface area (Å²) in [7, 11) is 0. The first-order chi connectivity index (χ1) is 6.34. The van der Waals surface area contributed by atoms with Gasteiger partial charge in [0.15, 0.2) is 0 Å². The molecule has 1 atom stereocenters. The second-order valence-corrected chi connectivity index (χ2v) is 3.28.